The zero-order chi connectivity index (χ0) is 14.0. The summed E-state index contributed by atoms with van der Waals surface area (Å²) in [6, 6.07) is 0. The lowest BCUT2D eigenvalue weighted by Crippen LogP contribution is -2.40. The van der Waals surface area contributed by atoms with Gasteiger partial charge in [-0.05, 0) is 32.1 Å². The number of hydrogen-bond acceptors (Lipinski definition) is 2. The van der Waals surface area contributed by atoms with Gasteiger partial charge in [0.05, 0.1) is 12.1 Å². The van der Waals surface area contributed by atoms with Gasteiger partial charge in [0.25, 0.3) is 0 Å². The van der Waals surface area contributed by atoms with E-state index in [1.807, 2.05) is 20.8 Å². The molecule has 116 valence electrons. The molecule has 3 N–H and O–H groups in total. The van der Waals surface area contributed by atoms with Gasteiger partial charge in [-0.2, -0.15) is 0 Å². The standard InChI is InChI=1S/C14H31N3O.HI/c1-6-14(18,7-2)11-17-13(15-8-3)16-10-9-12(4)5;/h12,18H,6-11H2,1-5H3,(H2,15,16,17);1H. The number of rotatable bonds is 8. The minimum Gasteiger partial charge on any atom is -0.388 e. The highest BCUT2D eigenvalue weighted by atomic mass is 127. The molecule has 4 nitrogen and oxygen atoms in total. The van der Waals surface area contributed by atoms with Gasteiger partial charge in [0.2, 0.25) is 0 Å². The van der Waals surface area contributed by atoms with E-state index in [2.05, 4.69) is 29.5 Å². The van der Waals surface area contributed by atoms with Gasteiger partial charge >= 0.3 is 0 Å². The second-order valence-electron chi connectivity index (χ2n) is 5.24. The maximum absolute atomic E-state index is 10.2. The van der Waals surface area contributed by atoms with E-state index in [-0.39, 0.29) is 24.0 Å². The third-order valence-electron chi connectivity index (χ3n) is 3.21. The van der Waals surface area contributed by atoms with Crippen molar-refractivity contribution >= 4 is 29.9 Å². The highest BCUT2D eigenvalue weighted by Crippen LogP contribution is 2.14. The molecule has 0 heterocycles. The highest BCUT2D eigenvalue weighted by molar-refractivity contribution is 14.0. The summed E-state index contributed by atoms with van der Waals surface area (Å²) in [6.45, 7) is 12.7. The third-order valence-corrected chi connectivity index (χ3v) is 3.21. The summed E-state index contributed by atoms with van der Waals surface area (Å²) in [6.07, 6.45) is 2.59. The Labute approximate surface area is 135 Å². The fourth-order valence-corrected chi connectivity index (χ4v) is 1.52. The van der Waals surface area contributed by atoms with Crippen molar-refractivity contribution in [3.63, 3.8) is 0 Å². The molecule has 19 heavy (non-hydrogen) atoms. The Hall–Kier alpha value is -0.0400. The van der Waals surface area contributed by atoms with Gasteiger partial charge in [0.1, 0.15) is 0 Å². The molecule has 0 radical (unpaired) electrons. The van der Waals surface area contributed by atoms with E-state index in [1.54, 1.807) is 0 Å². The summed E-state index contributed by atoms with van der Waals surface area (Å²) in [5.74, 6) is 1.49. The smallest absolute Gasteiger partial charge is 0.191 e. The predicted molar refractivity (Wildman–Crippen MR) is 94.4 cm³/mol. The Kier molecular flexibility index (Phi) is 13.2. The van der Waals surface area contributed by atoms with Gasteiger partial charge < -0.3 is 15.7 Å². The van der Waals surface area contributed by atoms with Crippen molar-refractivity contribution in [2.45, 2.75) is 59.5 Å². The molecule has 0 saturated carbocycles. The van der Waals surface area contributed by atoms with Crippen LogP contribution in [-0.2, 0) is 0 Å². The zero-order valence-corrected chi connectivity index (χ0v) is 15.5. The van der Waals surface area contributed by atoms with E-state index in [1.165, 1.54) is 0 Å². The molecule has 0 aromatic rings. The Bertz CT molecular complexity index is 241. The van der Waals surface area contributed by atoms with Crippen LogP contribution >= 0.6 is 24.0 Å². The molecule has 0 fully saturated rings. The highest BCUT2D eigenvalue weighted by Gasteiger charge is 2.21. The second kappa shape index (κ2) is 11.8. The first-order valence-corrected chi connectivity index (χ1v) is 7.22. The van der Waals surface area contributed by atoms with Crippen LogP contribution in [0.25, 0.3) is 0 Å². The number of nitrogens with zero attached hydrogens (tertiary/aromatic N) is 1. The second-order valence-corrected chi connectivity index (χ2v) is 5.24. The quantitative estimate of drug-likeness (QED) is 0.342. The maximum atomic E-state index is 10.2. The van der Waals surface area contributed by atoms with E-state index < -0.39 is 5.60 Å². The topological polar surface area (TPSA) is 56.7 Å². The van der Waals surface area contributed by atoms with Crippen molar-refractivity contribution < 1.29 is 5.11 Å². The molecule has 0 aliphatic carbocycles. The van der Waals surface area contributed by atoms with Crippen LogP contribution in [0.4, 0.5) is 0 Å². The zero-order valence-electron chi connectivity index (χ0n) is 13.1. The SMILES string of the molecule is CCNC(=NCC(O)(CC)CC)NCCC(C)C.I. The number of aliphatic imine (C=N–C) groups is 1. The van der Waals surface area contributed by atoms with E-state index in [9.17, 15) is 5.11 Å². The minimum absolute atomic E-state index is 0. The number of aliphatic hydroxyl groups is 1. The molecule has 5 heteroatoms. The van der Waals surface area contributed by atoms with Crippen LogP contribution in [0.2, 0.25) is 0 Å². The van der Waals surface area contributed by atoms with Crippen LogP contribution in [0.3, 0.4) is 0 Å². The lowest BCUT2D eigenvalue weighted by Gasteiger charge is -2.23. The van der Waals surface area contributed by atoms with Crippen LogP contribution in [0, 0.1) is 5.92 Å². The first-order valence-electron chi connectivity index (χ1n) is 7.22. The average Bonchev–Trinajstić information content (AvgIpc) is 2.35. The van der Waals surface area contributed by atoms with E-state index in [4.69, 9.17) is 0 Å². The average molecular weight is 385 g/mol. The Morgan fingerprint density at radius 1 is 1.16 bits per heavy atom. The largest absolute Gasteiger partial charge is 0.388 e. The maximum Gasteiger partial charge on any atom is 0.191 e. The number of hydrogen-bond donors (Lipinski definition) is 3. The summed E-state index contributed by atoms with van der Waals surface area (Å²) in [5.41, 5.74) is -0.666. The number of nitrogens with one attached hydrogen (secondary N) is 2. The summed E-state index contributed by atoms with van der Waals surface area (Å²) in [4.78, 5) is 4.47. The fraction of sp³-hybridized carbons (Fsp3) is 0.929. The van der Waals surface area contributed by atoms with Crippen molar-refractivity contribution in [1.29, 1.82) is 0 Å². The molecule has 0 spiro atoms. The van der Waals surface area contributed by atoms with Gasteiger partial charge in [0, 0.05) is 13.1 Å². The van der Waals surface area contributed by atoms with Crippen LogP contribution in [-0.4, -0.2) is 36.3 Å². The summed E-state index contributed by atoms with van der Waals surface area (Å²) < 4.78 is 0. The molecule has 0 aliphatic heterocycles. The molecule has 0 aromatic carbocycles. The molecule has 0 bridgehead atoms. The van der Waals surface area contributed by atoms with E-state index in [0.29, 0.717) is 12.5 Å². The molecule has 0 saturated heterocycles. The van der Waals surface area contributed by atoms with Gasteiger partial charge in [-0.15, -0.1) is 24.0 Å². The molecule has 0 aliphatic rings. The molecule has 0 unspecified atom stereocenters. The number of guanidine groups is 1. The van der Waals surface area contributed by atoms with Crippen molar-refractivity contribution in [3.05, 3.63) is 0 Å². The third kappa shape index (κ3) is 10.4. The summed E-state index contributed by atoms with van der Waals surface area (Å²) in [7, 11) is 0. The normalized spacial score (nSPS) is 12.3. The van der Waals surface area contributed by atoms with Gasteiger partial charge in [-0.25, -0.2) is 0 Å². The van der Waals surface area contributed by atoms with Crippen LogP contribution in [0.5, 0.6) is 0 Å². The van der Waals surface area contributed by atoms with Gasteiger partial charge in [-0.3, -0.25) is 4.99 Å². The number of halogens is 1. The Morgan fingerprint density at radius 3 is 2.16 bits per heavy atom. The van der Waals surface area contributed by atoms with Gasteiger partial charge in [-0.1, -0.05) is 27.7 Å². The van der Waals surface area contributed by atoms with Crippen LogP contribution < -0.4 is 10.6 Å². The molecule has 0 amide bonds. The van der Waals surface area contributed by atoms with Crippen LogP contribution in [0.15, 0.2) is 4.99 Å². The summed E-state index contributed by atoms with van der Waals surface area (Å²) >= 11 is 0. The predicted octanol–water partition coefficient (Wildman–Crippen LogP) is 2.76. The molecule has 0 aromatic heterocycles. The lowest BCUT2D eigenvalue weighted by atomic mass is 9.98. The van der Waals surface area contributed by atoms with Crippen molar-refractivity contribution in [2.24, 2.45) is 10.9 Å². The minimum atomic E-state index is -0.666. The van der Waals surface area contributed by atoms with E-state index in [0.717, 1.165) is 38.3 Å². The lowest BCUT2D eigenvalue weighted by molar-refractivity contribution is 0.0418. The Balaban J connectivity index is 0. The monoisotopic (exact) mass is 385 g/mol. The molecular formula is C14H32IN3O. The molecule has 0 rings (SSSR count). The van der Waals surface area contributed by atoms with Gasteiger partial charge in [0.15, 0.2) is 5.96 Å². The molecular weight excluding hydrogens is 353 g/mol. The molecule has 0 atom stereocenters. The first kappa shape index (κ1) is 21.3. The van der Waals surface area contributed by atoms with Crippen molar-refractivity contribution in [2.75, 3.05) is 19.6 Å². The first-order chi connectivity index (χ1) is 8.47. The van der Waals surface area contributed by atoms with E-state index >= 15 is 0 Å². The Morgan fingerprint density at radius 2 is 1.74 bits per heavy atom. The fourth-order valence-electron chi connectivity index (χ4n) is 1.52. The van der Waals surface area contributed by atoms with Crippen molar-refractivity contribution in [3.8, 4) is 0 Å². The van der Waals surface area contributed by atoms with Crippen LogP contribution in [0.1, 0.15) is 53.9 Å². The summed E-state index contributed by atoms with van der Waals surface area (Å²) in [5, 5.41) is 16.7. The van der Waals surface area contributed by atoms with Crippen molar-refractivity contribution in [1.82, 2.24) is 10.6 Å².